The third-order valence-corrected chi connectivity index (χ3v) is 3.07. The summed E-state index contributed by atoms with van der Waals surface area (Å²) in [5, 5.41) is 0.589. The lowest BCUT2D eigenvalue weighted by molar-refractivity contribution is -0.136. The third kappa shape index (κ3) is 4.26. The van der Waals surface area contributed by atoms with Crippen molar-refractivity contribution in [2.75, 3.05) is 6.61 Å². The Morgan fingerprint density at radius 1 is 1.16 bits per heavy atom. The monoisotopic (exact) mass is 340 g/mol. The molecule has 0 fully saturated rings. The summed E-state index contributed by atoms with van der Waals surface area (Å²) in [6.07, 6.45) is 0. The van der Waals surface area contributed by atoms with Crippen LogP contribution in [0.1, 0.15) is 0 Å². The number of hydrogen-bond acceptors (Lipinski definition) is 3. The molecule has 5 heteroatoms. The summed E-state index contributed by atoms with van der Waals surface area (Å²) < 4.78 is 11.1. The highest BCUT2D eigenvalue weighted by Gasteiger charge is 2.08. The van der Waals surface area contributed by atoms with E-state index in [0.717, 1.165) is 0 Å². The smallest absolute Gasteiger partial charge is 0.349 e. The number of hydrogen-bond donors (Lipinski definition) is 0. The van der Waals surface area contributed by atoms with Crippen LogP contribution >= 0.6 is 27.5 Å². The molecular weight excluding hydrogens is 332 g/mol. The second kappa shape index (κ2) is 6.59. The first-order chi connectivity index (χ1) is 9.15. The van der Waals surface area contributed by atoms with E-state index in [0.29, 0.717) is 21.0 Å². The quantitative estimate of drug-likeness (QED) is 0.621. The molecule has 0 aromatic heterocycles. The van der Waals surface area contributed by atoms with Crippen molar-refractivity contribution >= 4 is 33.5 Å². The molecule has 0 saturated carbocycles. The summed E-state index contributed by atoms with van der Waals surface area (Å²) in [6.45, 7) is -0.172. The van der Waals surface area contributed by atoms with Gasteiger partial charge in [-0.25, -0.2) is 4.79 Å². The van der Waals surface area contributed by atoms with Crippen LogP contribution in [0.15, 0.2) is 53.0 Å². The third-order valence-electron chi connectivity index (χ3n) is 2.21. The molecule has 0 aliphatic rings. The van der Waals surface area contributed by atoms with E-state index in [9.17, 15) is 4.79 Å². The summed E-state index contributed by atoms with van der Waals surface area (Å²) in [7, 11) is 0. The lowest BCUT2D eigenvalue weighted by Crippen LogP contribution is -2.17. The summed E-state index contributed by atoms with van der Waals surface area (Å²) in [5.74, 6) is 0.564. The van der Waals surface area contributed by atoms with Crippen LogP contribution in [0.3, 0.4) is 0 Å². The molecule has 3 nitrogen and oxygen atoms in total. The van der Waals surface area contributed by atoms with E-state index in [2.05, 4.69) is 15.9 Å². The number of para-hydroxylation sites is 1. The highest BCUT2D eigenvalue weighted by atomic mass is 79.9. The fraction of sp³-hybridized carbons (Fsp3) is 0.0714. The molecule has 0 atom stereocenters. The largest absolute Gasteiger partial charge is 0.481 e. The second-order valence-corrected chi connectivity index (χ2v) is 4.94. The van der Waals surface area contributed by atoms with Crippen molar-refractivity contribution in [1.29, 1.82) is 0 Å². The predicted molar refractivity (Wildman–Crippen MR) is 76.7 cm³/mol. The van der Waals surface area contributed by atoms with E-state index in [-0.39, 0.29) is 6.61 Å². The Morgan fingerprint density at radius 2 is 1.89 bits per heavy atom. The van der Waals surface area contributed by atoms with Crippen molar-refractivity contribution in [3.05, 3.63) is 58.0 Å². The van der Waals surface area contributed by atoms with Gasteiger partial charge in [0.1, 0.15) is 11.5 Å². The molecule has 0 amide bonds. The summed E-state index contributed by atoms with van der Waals surface area (Å²) in [5.41, 5.74) is 0. The van der Waals surface area contributed by atoms with Crippen LogP contribution in [0.25, 0.3) is 0 Å². The number of rotatable bonds is 4. The molecule has 0 heterocycles. The van der Waals surface area contributed by atoms with Crippen molar-refractivity contribution in [3.63, 3.8) is 0 Å². The van der Waals surface area contributed by atoms with Crippen molar-refractivity contribution < 1.29 is 14.3 Å². The van der Waals surface area contributed by atoms with Gasteiger partial charge in [-0.1, -0.05) is 29.8 Å². The number of benzene rings is 2. The lowest BCUT2D eigenvalue weighted by atomic mass is 10.3. The maximum atomic E-state index is 11.6. The minimum absolute atomic E-state index is 0.172. The van der Waals surface area contributed by atoms with Crippen molar-refractivity contribution in [1.82, 2.24) is 0 Å². The highest BCUT2D eigenvalue weighted by molar-refractivity contribution is 9.10. The van der Waals surface area contributed by atoms with Gasteiger partial charge in [0.05, 0.1) is 4.47 Å². The first-order valence-electron chi connectivity index (χ1n) is 5.49. The van der Waals surface area contributed by atoms with E-state index >= 15 is 0 Å². The molecular formula is C14H10BrClO3. The van der Waals surface area contributed by atoms with E-state index in [1.165, 1.54) is 0 Å². The molecule has 0 bridgehead atoms. The fourth-order valence-electron chi connectivity index (χ4n) is 1.38. The number of carbonyl (C=O) groups is 1. The second-order valence-electron chi connectivity index (χ2n) is 3.65. The lowest BCUT2D eigenvalue weighted by Gasteiger charge is -2.08. The molecule has 0 saturated heterocycles. The average molecular weight is 342 g/mol. The van der Waals surface area contributed by atoms with Crippen LogP contribution in [0.4, 0.5) is 0 Å². The molecule has 0 aliphatic carbocycles. The standard InChI is InChI=1S/C14H10BrClO3/c15-12-8-10(16)6-7-13(12)18-9-14(17)19-11-4-2-1-3-5-11/h1-8H,9H2. The number of halogens is 2. The molecule has 98 valence electrons. The normalized spacial score (nSPS) is 10.0. The topological polar surface area (TPSA) is 35.5 Å². The molecule has 0 radical (unpaired) electrons. The molecule has 19 heavy (non-hydrogen) atoms. The predicted octanol–water partition coefficient (Wildman–Crippen LogP) is 4.09. The Labute approximate surface area is 124 Å². The molecule has 0 spiro atoms. The van der Waals surface area contributed by atoms with Gasteiger partial charge in [0.15, 0.2) is 6.61 Å². The van der Waals surface area contributed by atoms with Gasteiger partial charge in [-0.05, 0) is 46.3 Å². The molecule has 2 rings (SSSR count). The zero-order chi connectivity index (χ0) is 13.7. The van der Waals surface area contributed by atoms with E-state index < -0.39 is 5.97 Å². The SMILES string of the molecule is O=C(COc1ccc(Cl)cc1Br)Oc1ccccc1. The van der Waals surface area contributed by atoms with Crippen molar-refractivity contribution in [3.8, 4) is 11.5 Å². The van der Waals surface area contributed by atoms with Crippen molar-refractivity contribution in [2.24, 2.45) is 0 Å². The van der Waals surface area contributed by atoms with Gasteiger partial charge in [-0.3, -0.25) is 0 Å². The molecule has 0 N–H and O–H groups in total. The highest BCUT2D eigenvalue weighted by Crippen LogP contribution is 2.27. The first kappa shape index (κ1) is 13.9. The fourth-order valence-corrected chi connectivity index (χ4v) is 2.18. The summed E-state index contributed by atoms with van der Waals surface area (Å²) in [4.78, 5) is 11.6. The Balaban J connectivity index is 1.90. The zero-order valence-corrected chi connectivity index (χ0v) is 12.1. The Morgan fingerprint density at radius 3 is 2.58 bits per heavy atom. The Hall–Kier alpha value is -1.52. The number of ether oxygens (including phenoxy) is 2. The van der Waals surface area contributed by atoms with Gasteiger partial charge >= 0.3 is 5.97 Å². The number of carbonyl (C=O) groups excluding carboxylic acids is 1. The van der Waals surface area contributed by atoms with Gasteiger partial charge in [-0.15, -0.1) is 0 Å². The van der Waals surface area contributed by atoms with Gasteiger partial charge in [-0.2, -0.15) is 0 Å². The van der Waals surface area contributed by atoms with Crippen LogP contribution in [0.5, 0.6) is 11.5 Å². The van der Waals surface area contributed by atoms with E-state index in [4.69, 9.17) is 21.1 Å². The maximum absolute atomic E-state index is 11.6. The zero-order valence-electron chi connectivity index (χ0n) is 9.81. The van der Waals surface area contributed by atoms with Crippen LogP contribution < -0.4 is 9.47 Å². The van der Waals surface area contributed by atoms with E-state index in [1.54, 1.807) is 42.5 Å². The van der Waals surface area contributed by atoms with Crippen molar-refractivity contribution in [2.45, 2.75) is 0 Å². The minimum atomic E-state index is -0.465. The van der Waals surface area contributed by atoms with Crippen LogP contribution in [0, 0.1) is 0 Å². The van der Waals surface area contributed by atoms with Gasteiger partial charge < -0.3 is 9.47 Å². The molecule has 2 aromatic rings. The van der Waals surface area contributed by atoms with Crippen LogP contribution in [0.2, 0.25) is 5.02 Å². The molecule has 2 aromatic carbocycles. The van der Waals surface area contributed by atoms with Gasteiger partial charge in [0.25, 0.3) is 0 Å². The summed E-state index contributed by atoms with van der Waals surface area (Å²) >= 11 is 9.11. The summed E-state index contributed by atoms with van der Waals surface area (Å²) in [6, 6.07) is 13.9. The maximum Gasteiger partial charge on any atom is 0.349 e. The van der Waals surface area contributed by atoms with Crippen LogP contribution in [-0.4, -0.2) is 12.6 Å². The van der Waals surface area contributed by atoms with Crippen LogP contribution in [-0.2, 0) is 4.79 Å². The number of esters is 1. The van der Waals surface area contributed by atoms with Gasteiger partial charge in [0.2, 0.25) is 0 Å². The Bertz CT molecular complexity index is 572. The Kier molecular flexibility index (Phi) is 4.82. The average Bonchev–Trinajstić information content (AvgIpc) is 2.39. The van der Waals surface area contributed by atoms with E-state index in [1.807, 2.05) is 6.07 Å². The van der Waals surface area contributed by atoms with Gasteiger partial charge in [0, 0.05) is 5.02 Å². The first-order valence-corrected chi connectivity index (χ1v) is 6.66. The minimum Gasteiger partial charge on any atom is -0.481 e. The molecule has 0 aliphatic heterocycles. The molecule has 0 unspecified atom stereocenters.